The largest absolute Gasteiger partial charge is 0.494 e. The van der Waals surface area contributed by atoms with Gasteiger partial charge >= 0.3 is 0 Å². The molecule has 21 heavy (non-hydrogen) atoms. The van der Waals surface area contributed by atoms with Crippen LogP contribution < -0.4 is 10.1 Å². The molecule has 0 bridgehead atoms. The predicted octanol–water partition coefficient (Wildman–Crippen LogP) is 3.62. The van der Waals surface area contributed by atoms with Gasteiger partial charge in [-0.05, 0) is 63.3 Å². The molecule has 1 aromatic rings. The minimum absolute atomic E-state index is 0.0531. The van der Waals surface area contributed by atoms with E-state index in [1.807, 2.05) is 38.1 Å². The van der Waals surface area contributed by atoms with Crippen LogP contribution in [0.15, 0.2) is 24.3 Å². The highest BCUT2D eigenvalue weighted by molar-refractivity contribution is 5.97. The molecule has 0 radical (unpaired) electrons. The summed E-state index contributed by atoms with van der Waals surface area (Å²) in [4.78, 5) is 12.6. The van der Waals surface area contributed by atoms with Crippen LogP contribution in [0.4, 0.5) is 5.69 Å². The second-order valence-corrected chi connectivity index (χ2v) is 5.64. The highest BCUT2D eigenvalue weighted by atomic mass is 16.5. The first-order chi connectivity index (χ1) is 10.1. The maximum atomic E-state index is 12.6. The number of hydrogen-bond donors (Lipinski definition) is 1. The SMILES string of the molecule is CCCOC(C)(C(=O)Nc1ccc(OCC)cc1)C1CC1. The van der Waals surface area contributed by atoms with Crippen LogP contribution in [-0.4, -0.2) is 24.7 Å². The molecule has 4 nitrogen and oxygen atoms in total. The lowest BCUT2D eigenvalue weighted by Crippen LogP contribution is -2.45. The van der Waals surface area contributed by atoms with Crippen LogP contribution in [0, 0.1) is 5.92 Å². The van der Waals surface area contributed by atoms with Gasteiger partial charge in [0.05, 0.1) is 6.61 Å². The van der Waals surface area contributed by atoms with Gasteiger partial charge in [0.1, 0.15) is 11.4 Å². The number of anilines is 1. The van der Waals surface area contributed by atoms with Gasteiger partial charge in [-0.3, -0.25) is 4.79 Å². The molecule has 0 saturated heterocycles. The fourth-order valence-corrected chi connectivity index (χ4v) is 2.37. The van der Waals surface area contributed by atoms with Gasteiger partial charge in [-0.1, -0.05) is 6.92 Å². The lowest BCUT2D eigenvalue weighted by molar-refractivity contribution is -0.142. The molecule has 4 heteroatoms. The van der Waals surface area contributed by atoms with E-state index in [2.05, 4.69) is 12.2 Å². The molecule has 1 amide bonds. The van der Waals surface area contributed by atoms with Crippen molar-refractivity contribution in [1.82, 2.24) is 0 Å². The maximum absolute atomic E-state index is 12.6. The molecule has 2 rings (SSSR count). The lowest BCUT2D eigenvalue weighted by Gasteiger charge is -2.28. The molecule has 0 aromatic heterocycles. The normalized spacial score (nSPS) is 17.1. The molecule has 1 unspecified atom stereocenters. The van der Waals surface area contributed by atoms with Gasteiger partial charge in [-0.2, -0.15) is 0 Å². The van der Waals surface area contributed by atoms with E-state index in [-0.39, 0.29) is 5.91 Å². The van der Waals surface area contributed by atoms with E-state index in [0.29, 0.717) is 19.1 Å². The Bertz CT molecular complexity index is 467. The molecular formula is C17H25NO3. The summed E-state index contributed by atoms with van der Waals surface area (Å²) in [5.74, 6) is 1.09. The summed E-state index contributed by atoms with van der Waals surface area (Å²) in [5, 5.41) is 2.96. The van der Waals surface area contributed by atoms with E-state index in [1.165, 1.54) is 0 Å². The Morgan fingerprint density at radius 1 is 1.29 bits per heavy atom. The Morgan fingerprint density at radius 2 is 1.95 bits per heavy atom. The number of nitrogens with one attached hydrogen (secondary N) is 1. The van der Waals surface area contributed by atoms with E-state index >= 15 is 0 Å². The smallest absolute Gasteiger partial charge is 0.256 e. The first kappa shape index (κ1) is 15.8. The van der Waals surface area contributed by atoms with Gasteiger partial charge in [-0.25, -0.2) is 0 Å². The molecule has 1 atom stereocenters. The molecule has 1 aliphatic rings. The average molecular weight is 291 g/mol. The third-order valence-corrected chi connectivity index (χ3v) is 3.84. The van der Waals surface area contributed by atoms with E-state index in [9.17, 15) is 4.79 Å². The standard InChI is InChI=1S/C17H25NO3/c1-4-12-21-17(3,13-6-7-13)16(19)18-14-8-10-15(11-9-14)20-5-2/h8-11,13H,4-7,12H2,1-3H3,(H,18,19). The summed E-state index contributed by atoms with van der Waals surface area (Å²) in [5.41, 5.74) is 0.0599. The van der Waals surface area contributed by atoms with E-state index in [4.69, 9.17) is 9.47 Å². The van der Waals surface area contributed by atoms with Crippen LogP contribution in [0.25, 0.3) is 0 Å². The van der Waals surface area contributed by atoms with Crippen molar-refractivity contribution in [2.24, 2.45) is 5.92 Å². The van der Waals surface area contributed by atoms with Crippen LogP contribution in [0.5, 0.6) is 5.75 Å². The number of benzene rings is 1. The third-order valence-electron chi connectivity index (χ3n) is 3.84. The van der Waals surface area contributed by atoms with Crippen molar-refractivity contribution in [2.45, 2.75) is 45.6 Å². The Hall–Kier alpha value is -1.55. The van der Waals surface area contributed by atoms with E-state index in [1.54, 1.807) is 0 Å². The lowest BCUT2D eigenvalue weighted by atomic mass is 9.98. The third kappa shape index (κ3) is 3.97. The summed E-state index contributed by atoms with van der Waals surface area (Å²) in [6.07, 6.45) is 3.05. The second kappa shape index (κ2) is 6.94. The minimum atomic E-state index is -0.714. The molecule has 0 spiro atoms. The van der Waals surface area contributed by atoms with Crippen molar-refractivity contribution in [1.29, 1.82) is 0 Å². The van der Waals surface area contributed by atoms with Gasteiger partial charge in [-0.15, -0.1) is 0 Å². The summed E-state index contributed by atoms with van der Waals surface area (Å²) in [6.45, 7) is 7.16. The molecule has 1 aliphatic carbocycles. The van der Waals surface area contributed by atoms with Gasteiger partial charge in [0.15, 0.2) is 0 Å². The summed E-state index contributed by atoms with van der Waals surface area (Å²) in [6, 6.07) is 7.44. The van der Waals surface area contributed by atoms with Crippen LogP contribution in [0.3, 0.4) is 0 Å². The first-order valence-electron chi connectivity index (χ1n) is 7.78. The van der Waals surface area contributed by atoms with E-state index < -0.39 is 5.60 Å². The van der Waals surface area contributed by atoms with Gasteiger partial charge in [0, 0.05) is 12.3 Å². The number of hydrogen-bond acceptors (Lipinski definition) is 3. The monoisotopic (exact) mass is 291 g/mol. The van der Waals surface area contributed by atoms with Crippen molar-refractivity contribution in [3.8, 4) is 5.75 Å². The highest BCUT2D eigenvalue weighted by Crippen LogP contribution is 2.42. The molecule has 1 aromatic carbocycles. The Balaban J connectivity index is 2.01. The van der Waals surface area contributed by atoms with Crippen LogP contribution in [-0.2, 0) is 9.53 Å². The number of carbonyl (C=O) groups is 1. The topological polar surface area (TPSA) is 47.6 Å². The second-order valence-electron chi connectivity index (χ2n) is 5.64. The van der Waals surface area contributed by atoms with Crippen LogP contribution >= 0.6 is 0 Å². The quantitative estimate of drug-likeness (QED) is 0.795. The van der Waals surface area contributed by atoms with Crippen molar-refractivity contribution < 1.29 is 14.3 Å². The first-order valence-corrected chi connectivity index (χ1v) is 7.78. The molecule has 116 valence electrons. The molecule has 1 fully saturated rings. The van der Waals surface area contributed by atoms with Crippen molar-refractivity contribution in [2.75, 3.05) is 18.5 Å². The van der Waals surface area contributed by atoms with Crippen molar-refractivity contribution in [3.63, 3.8) is 0 Å². The Morgan fingerprint density at radius 3 is 2.48 bits per heavy atom. The fourth-order valence-electron chi connectivity index (χ4n) is 2.37. The zero-order chi connectivity index (χ0) is 15.3. The Labute approximate surface area is 126 Å². The maximum Gasteiger partial charge on any atom is 0.256 e. The highest BCUT2D eigenvalue weighted by Gasteiger charge is 2.48. The number of ether oxygens (including phenoxy) is 2. The van der Waals surface area contributed by atoms with Crippen LogP contribution in [0.2, 0.25) is 0 Å². The molecule has 0 aliphatic heterocycles. The van der Waals surface area contributed by atoms with Crippen LogP contribution in [0.1, 0.15) is 40.0 Å². The zero-order valence-electron chi connectivity index (χ0n) is 13.1. The number of amides is 1. The zero-order valence-corrected chi connectivity index (χ0v) is 13.1. The van der Waals surface area contributed by atoms with Gasteiger partial charge in [0.2, 0.25) is 0 Å². The fraction of sp³-hybridized carbons (Fsp3) is 0.588. The Kier molecular flexibility index (Phi) is 5.23. The average Bonchev–Trinajstić information content (AvgIpc) is 3.32. The minimum Gasteiger partial charge on any atom is -0.494 e. The molecule has 0 heterocycles. The van der Waals surface area contributed by atoms with Gasteiger partial charge < -0.3 is 14.8 Å². The van der Waals surface area contributed by atoms with Gasteiger partial charge in [0.25, 0.3) is 5.91 Å². The number of carbonyl (C=O) groups excluding carboxylic acids is 1. The predicted molar refractivity (Wildman–Crippen MR) is 83.6 cm³/mol. The summed E-state index contributed by atoms with van der Waals surface area (Å²) >= 11 is 0. The van der Waals surface area contributed by atoms with Crippen molar-refractivity contribution >= 4 is 11.6 Å². The van der Waals surface area contributed by atoms with E-state index in [0.717, 1.165) is 30.7 Å². The molecule has 1 N–H and O–H groups in total. The summed E-state index contributed by atoms with van der Waals surface area (Å²) in [7, 11) is 0. The molecule has 1 saturated carbocycles. The van der Waals surface area contributed by atoms with Crippen molar-refractivity contribution in [3.05, 3.63) is 24.3 Å². The summed E-state index contributed by atoms with van der Waals surface area (Å²) < 4.78 is 11.3. The molecular weight excluding hydrogens is 266 g/mol. The number of rotatable bonds is 8.